The van der Waals surface area contributed by atoms with E-state index in [1.807, 2.05) is 61.7 Å². The third-order valence-corrected chi connectivity index (χ3v) is 6.04. The number of hydrogen-bond donors (Lipinski definition) is 1. The van der Waals surface area contributed by atoms with Crippen molar-refractivity contribution in [3.63, 3.8) is 0 Å². The van der Waals surface area contributed by atoms with Crippen molar-refractivity contribution < 1.29 is 14.0 Å². The minimum Gasteiger partial charge on any atom is -0.438 e. The predicted molar refractivity (Wildman–Crippen MR) is 129 cm³/mol. The van der Waals surface area contributed by atoms with Crippen LogP contribution in [0.5, 0.6) is 0 Å². The lowest BCUT2D eigenvalue weighted by molar-refractivity contribution is -0.118. The van der Waals surface area contributed by atoms with Gasteiger partial charge in [0.25, 0.3) is 0 Å². The lowest BCUT2D eigenvalue weighted by Crippen LogP contribution is -2.13. The van der Waals surface area contributed by atoms with Gasteiger partial charge in [0.15, 0.2) is 5.76 Å². The van der Waals surface area contributed by atoms with Gasteiger partial charge in [-0.2, -0.15) is 0 Å². The third kappa shape index (κ3) is 5.22. The monoisotopic (exact) mass is 443 g/mol. The number of aromatic nitrogens is 2. The van der Waals surface area contributed by atoms with Crippen LogP contribution < -0.4 is 5.73 Å². The van der Waals surface area contributed by atoms with Crippen LogP contribution in [0.15, 0.2) is 71.4 Å². The molecule has 0 aliphatic heterocycles. The van der Waals surface area contributed by atoms with Crippen molar-refractivity contribution in [2.45, 2.75) is 51.5 Å². The highest BCUT2D eigenvalue weighted by molar-refractivity contribution is 5.97. The second-order valence-electron chi connectivity index (χ2n) is 8.30. The van der Waals surface area contributed by atoms with Crippen molar-refractivity contribution in [2.75, 3.05) is 0 Å². The average molecular weight is 444 g/mol. The summed E-state index contributed by atoms with van der Waals surface area (Å²) in [6.07, 6.45) is 8.58. The molecular weight excluding hydrogens is 414 g/mol. The molecule has 0 saturated heterocycles. The summed E-state index contributed by atoms with van der Waals surface area (Å²) in [5, 5.41) is 1.02. The van der Waals surface area contributed by atoms with Crippen molar-refractivity contribution in [3.05, 3.63) is 78.4 Å². The van der Waals surface area contributed by atoms with Crippen LogP contribution in [0.25, 0.3) is 22.2 Å². The second-order valence-corrected chi connectivity index (χ2v) is 8.30. The maximum Gasteiger partial charge on any atom is 0.248 e. The van der Waals surface area contributed by atoms with Gasteiger partial charge in [0.1, 0.15) is 11.8 Å². The van der Waals surface area contributed by atoms with E-state index in [0.29, 0.717) is 30.1 Å². The molecule has 6 nitrogen and oxygen atoms in total. The fourth-order valence-electron chi connectivity index (χ4n) is 4.15. The molecule has 0 saturated carbocycles. The molecule has 0 radical (unpaired) electrons. The van der Waals surface area contributed by atoms with E-state index < -0.39 is 5.91 Å². The number of Topliss-reactive ketones (excluding diaryl/α,β-unsaturated/α-hetero) is 1. The van der Waals surface area contributed by atoms with Crippen molar-refractivity contribution in [1.29, 1.82) is 0 Å². The van der Waals surface area contributed by atoms with E-state index >= 15 is 0 Å². The first-order valence-electron chi connectivity index (χ1n) is 11.5. The SMILES string of the molecule is CCC(=O)CCCCC[C@@H](c1ncc(-c2ccccc2)o1)n1ccc2ccc(C(N)=O)cc21. The number of oxazole rings is 1. The van der Waals surface area contributed by atoms with Gasteiger partial charge in [0, 0.05) is 35.7 Å². The Morgan fingerprint density at radius 3 is 2.64 bits per heavy atom. The standard InChI is InChI=1S/C27H29N3O3/c1-2-22(31)11-7-4-8-12-23(27-29-18-25(33-27)20-9-5-3-6-10-20)30-16-15-19-13-14-21(26(28)32)17-24(19)30/h3,5-6,9-10,13-18,23H,2,4,7-8,11-12H2,1H3,(H2,28,32)/t23-/m0/s1. The fourth-order valence-corrected chi connectivity index (χ4v) is 4.15. The number of amides is 1. The van der Waals surface area contributed by atoms with Crippen molar-refractivity contribution in [2.24, 2.45) is 5.73 Å². The molecule has 0 unspecified atom stereocenters. The van der Waals surface area contributed by atoms with E-state index in [9.17, 15) is 9.59 Å². The van der Waals surface area contributed by atoms with Crippen LogP contribution in [-0.2, 0) is 4.79 Å². The summed E-state index contributed by atoms with van der Waals surface area (Å²) in [6, 6.07) is 17.3. The molecule has 2 heterocycles. The summed E-state index contributed by atoms with van der Waals surface area (Å²) < 4.78 is 8.33. The van der Waals surface area contributed by atoms with Gasteiger partial charge >= 0.3 is 0 Å². The van der Waals surface area contributed by atoms with Crippen LogP contribution in [0.3, 0.4) is 0 Å². The number of nitrogens with two attached hydrogens (primary N) is 1. The van der Waals surface area contributed by atoms with Gasteiger partial charge in [-0.05, 0) is 36.4 Å². The summed E-state index contributed by atoms with van der Waals surface area (Å²) in [6.45, 7) is 1.91. The molecule has 1 amide bonds. The van der Waals surface area contributed by atoms with Gasteiger partial charge in [-0.3, -0.25) is 9.59 Å². The Hall–Kier alpha value is -3.67. The topological polar surface area (TPSA) is 91.1 Å². The molecule has 0 fully saturated rings. The summed E-state index contributed by atoms with van der Waals surface area (Å²) in [5.41, 5.74) is 7.88. The van der Waals surface area contributed by atoms with E-state index in [0.717, 1.165) is 47.9 Å². The van der Waals surface area contributed by atoms with Gasteiger partial charge in [-0.1, -0.05) is 56.2 Å². The van der Waals surface area contributed by atoms with E-state index in [1.165, 1.54) is 0 Å². The maximum absolute atomic E-state index is 11.8. The Bertz CT molecular complexity index is 1240. The van der Waals surface area contributed by atoms with E-state index in [1.54, 1.807) is 12.3 Å². The highest BCUT2D eigenvalue weighted by Gasteiger charge is 2.22. The highest BCUT2D eigenvalue weighted by atomic mass is 16.4. The Morgan fingerprint density at radius 1 is 1.06 bits per heavy atom. The number of unbranched alkanes of at least 4 members (excludes halogenated alkanes) is 2. The highest BCUT2D eigenvalue weighted by Crippen LogP contribution is 2.32. The lowest BCUT2D eigenvalue weighted by atomic mass is 10.0. The van der Waals surface area contributed by atoms with E-state index in [-0.39, 0.29) is 6.04 Å². The molecule has 2 aromatic carbocycles. The fraction of sp³-hybridized carbons (Fsp3) is 0.296. The number of fused-ring (bicyclic) bond motifs is 1. The third-order valence-electron chi connectivity index (χ3n) is 6.04. The molecule has 4 aromatic rings. The molecule has 0 bridgehead atoms. The first kappa shape index (κ1) is 22.5. The Kier molecular flexibility index (Phi) is 7.03. The van der Waals surface area contributed by atoms with E-state index in [4.69, 9.17) is 10.2 Å². The van der Waals surface area contributed by atoms with Crippen LogP contribution in [0.4, 0.5) is 0 Å². The minimum atomic E-state index is -0.454. The average Bonchev–Trinajstić information content (AvgIpc) is 3.49. The summed E-state index contributed by atoms with van der Waals surface area (Å²) in [5.74, 6) is 1.20. The molecular formula is C27H29N3O3. The predicted octanol–water partition coefficient (Wildman–Crippen LogP) is 5.91. The number of hydrogen-bond acceptors (Lipinski definition) is 4. The summed E-state index contributed by atoms with van der Waals surface area (Å²) in [7, 11) is 0. The van der Waals surface area contributed by atoms with Crippen LogP contribution in [0.2, 0.25) is 0 Å². The van der Waals surface area contributed by atoms with Gasteiger partial charge in [-0.25, -0.2) is 4.98 Å². The molecule has 1 atom stereocenters. The van der Waals surface area contributed by atoms with Crippen LogP contribution in [0.1, 0.15) is 67.7 Å². The number of primary amides is 1. The number of benzene rings is 2. The summed E-state index contributed by atoms with van der Waals surface area (Å²) in [4.78, 5) is 28.0. The molecule has 33 heavy (non-hydrogen) atoms. The van der Waals surface area contributed by atoms with E-state index in [2.05, 4.69) is 9.55 Å². The molecule has 0 aliphatic rings. The molecule has 0 spiro atoms. The Balaban J connectivity index is 1.63. The minimum absolute atomic E-state index is 0.134. The zero-order chi connectivity index (χ0) is 23.2. The number of rotatable bonds is 11. The van der Waals surface area contributed by atoms with Crippen molar-refractivity contribution in [3.8, 4) is 11.3 Å². The lowest BCUT2D eigenvalue weighted by Gasteiger charge is -2.17. The van der Waals surface area contributed by atoms with Crippen molar-refractivity contribution in [1.82, 2.24) is 9.55 Å². The largest absolute Gasteiger partial charge is 0.438 e. The first-order chi connectivity index (χ1) is 16.1. The Labute approximate surface area is 193 Å². The molecule has 4 rings (SSSR count). The smallest absolute Gasteiger partial charge is 0.248 e. The van der Waals surface area contributed by atoms with Crippen molar-refractivity contribution >= 4 is 22.6 Å². The molecule has 2 aromatic heterocycles. The molecule has 170 valence electrons. The number of carbonyl (C=O) groups excluding carboxylic acids is 2. The molecule has 0 aliphatic carbocycles. The van der Waals surface area contributed by atoms with Crippen LogP contribution >= 0.6 is 0 Å². The van der Waals surface area contributed by atoms with Gasteiger partial charge in [0.2, 0.25) is 11.8 Å². The first-order valence-corrected chi connectivity index (χ1v) is 11.5. The maximum atomic E-state index is 11.8. The summed E-state index contributed by atoms with van der Waals surface area (Å²) >= 11 is 0. The Morgan fingerprint density at radius 2 is 1.88 bits per heavy atom. The van der Waals surface area contributed by atoms with Gasteiger partial charge < -0.3 is 14.7 Å². The quantitative estimate of drug-likeness (QED) is 0.292. The number of carbonyl (C=O) groups is 2. The number of ketones is 1. The molecule has 2 N–H and O–H groups in total. The zero-order valence-corrected chi connectivity index (χ0v) is 18.9. The second kappa shape index (κ2) is 10.3. The van der Waals surface area contributed by atoms with Gasteiger partial charge in [0.05, 0.1) is 6.20 Å². The van der Waals surface area contributed by atoms with Crippen LogP contribution in [0, 0.1) is 0 Å². The zero-order valence-electron chi connectivity index (χ0n) is 18.9. The molecule has 6 heteroatoms. The number of nitrogens with zero attached hydrogens (tertiary/aromatic N) is 2. The van der Waals surface area contributed by atoms with Crippen LogP contribution in [-0.4, -0.2) is 21.2 Å². The normalized spacial score (nSPS) is 12.2. The van der Waals surface area contributed by atoms with Gasteiger partial charge in [-0.15, -0.1) is 0 Å².